The summed E-state index contributed by atoms with van der Waals surface area (Å²) in [6.07, 6.45) is -14.2. The number of nitrogens with one attached hydrogen (secondary N) is 1. The van der Waals surface area contributed by atoms with E-state index in [9.17, 15) is 49.1 Å². The Bertz CT molecular complexity index is 1600. The van der Waals surface area contributed by atoms with Gasteiger partial charge in [0, 0.05) is 11.3 Å². The molecule has 240 valence electrons. The van der Waals surface area contributed by atoms with Crippen molar-refractivity contribution in [3.05, 3.63) is 99.6 Å². The molecule has 0 saturated carbocycles. The van der Waals surface area contributed by atoms with Crippen LogP contribution in [0, 0.1) is 0 Å². The Labute approximate surface area is 254 Å². The van der Waals surface area contributed by atoms with E-state index in [-0.39, 0.29) is 29.1 Å². The number of rotatable bonds is 7. The highest BCUT2D eigenvalue weighted by molar-refractivity contribution is 6.32. The normalized spacial score (nSPS) is 17.2. The molecule has 3 aromatic rings. The standard InChI is InChI=1S/C29H21ClF9N3O3/c1-2-45-25(44)26(17-4-6-18(7-5-17)27(31,32)33)15-42(14-23(43)40-20-10-8-19(9-11-20)28(34,35)36)41-24(26)16-3-12-21(22(30)13-16)29(37,38)39/h3-13H,2,14-15H2,1H3,(H,40,43). The molecule has 3 aromatic carbocycles. The summed E-state index contributed by atoms with van der Waals surface area (Å²) in [5.41, 5.74) is -5.72. The molecule has 0 aliphatic carbocycles. The molecule has 0 radical (unpaired) electrons. The Morgan fingerprint density at radius 3 is 1.91 bits per heavy atom. The van der Waals surface area contributed by atoms with E-state index >= 15 is 0 Å². The van der Waals surface area contributed by atoms with Crippen molar-refractivity contribution in [2.75, 3.05) is 25.0 Å². The molecule has 0 fully saturated rings. The van der Waals surface area contributed by atoms with Crippen molar-refractivity contribution in [2.24, 2.45) is 5.10 Å². The maximum absolute atomic E-state index is 13.6. The van der Waals surface area contributed by atoms with Crippen LogP contribution in [0.3, 0.4) is 0 Å². The molecule has 0 aromatic heterocycles. The molecular weight excluding hydrogens is 645 g/mol. The minimum Gasteiger partial charge on any atom is -0.465 e. The average molecular weight is 666 g/mol. The van der Waals surface area contributed by atoms with E-state index in [0.29, 0.717) is 18.2 Å². The van der Waals surface area contributed by atoms with Crippen LogP contribution in [-0.2, 0) is 38.3 Å². The Hall–Kier alpha value is -4.27. The number of esters is 1. The SMILES string of the molecule is CCOC(=O)C1(c2ccc(C(F)(F)F)cc2)CN(CC(=O)Nc2ccc(C(F)(F)F)cc2)N=C1c1ccc(C(F)(F)F)c(Cl)c1. The van der Waals surface area contributed by atoms with E-state index in [1.165, 1.54) is 6.92 Å². The average Bonchev–Trinajstić information content (AvgIpc) is 3.32. The maximum atomic E-state index is 13.6. The smallest absolute Gasteiger partial charge is 0.417 e. The number of halogens is 10. The fraction of sp³-hybridized carbons (Fsp3) is 0.276. The first-order valence-electron chi connectivity index (χ1n) is 12.9. The van der Waals surface area contributed by atoms with Crippen LogP contribution in [0.15, 0.2) is 71.8 Å². The van der Waals surface area contributed by atoms with Gasteiger partial charge in [0.05, 0.1) is 40.6 Å². The molecule has 6 nitrogen and oxygen atoms in total. The molecule has 0 spiro atoms. The summed E-state index contributed by atoms with van der Waals surface area (Å²) in [4.78, 5) is 26.5. The van der Waals surface area contributed by atoms with Gasteiger partial charge >= 0.3 is 24.5 Å². The van der Waals surface area contributed by atoms with Gasteiger partial charge in [0.2, 0.25) is 5.91 Å². The summed E-state index contributed by atoms with van der Waals surface area (Å²) in [5, 5.41) is 6.96. The van der Waals surface area contributed by atoms with Crippen LogP contribution in [0.2, 0.25) is 5.02 Å². The molecule has 0 bridgehead atoms. The molecule has 1 heterocycles. The maximum Gasteiger partial charge on any atom is 0.417 e. The number of hydrogen-bond donors (Lipinski definition) is 1. The number of hydrogen-bond acceptors (Lipinski definition) is 5. The van der Waals surface area contributed by atoms with Gasteiger partial charge in [-0.3, -0.25) is 14.6 Å². The minimum atomic E-state index is -4.83. The third kappa shape index (κ3) is 7.18. The predicted octanol–water partition coefficient (Wildman–Crippen LogP) is 7.56. The van der Waals surface area contributed by atoms with Crippen LogP contribution in [-0.4, -0.2) is 42.3 Å². The summed E-state index contributed by atoms with van der Waals surface area (Å²) in [7, 11) is 0. The van der Waals surface area contributed by atoms with Crippen LogP contribution < -0.4 is 5.32 Å². The van der Waals surface area contributed by atoms with Crippen molar-refractivity contribution >= 4 is 34.9 Å². The van der Waals surface area contributed by atoms with Gasteiger partial charge in [-0.2, -0.15) is 44.6 Å². The second-order valence-electron chi connectivity index (χ2n) is 9.79. The first-order chi connectivity index (χ1) is 20.9. The van der Waals surface area contributed by atoms with Gasteiger partial charge in [-0.1, -0.05) is 29.8 Å². The van der Waals surface area contributed by atoms with Gasteiger partial charge in [0.1, 0.15) is 6.54 Å². The van der Waals surface area contributed by atoms with E-state index < -0.39 is 70.6 Å². The molecule has 1 unspecified atom stereocenters. The predicted molar refractivity (Wildman–Crippen MR) is 144 cm³/mol. The fourth-order valence-electron chi connectivity index (χ4n) is 4.71. The van der Waals surface area contributed by atoms with Crippen LogP contribution in [0.5, 0.6) is 0 Å². The zero-order chi connectivity index (χ0) is 33.4. The van der Waals surface area contributed by atoms with Gasteiger partial charge in [-0.15, -0.1) is 0 Å². The number of nitrogens with zero attached hydrogens (tertiary/aromatic N) is 2. The number of benzene rings is 3. The molecule has 1 N–H and O–H groups in total. The number of ether oxygens (including phenoxy) is 1. The first-order valence-corrected chi connectivity index (χ1v) is 13.3. The van der Waals surface area contributed by atoms with Crippen molar-refractivity contribution in [1.29, 1.82) is 0 Å². The lowest BCUT2D eigenvalue weighted by atomic mass is 9.74. The largest absolute Gasteiger partial charge is 0.465 e. The highest BCUT2D eigenvalue weighted by atomic mass is 35.5. The highest BCUT2D eigenvalue weighted by Gasteiger charge is 2.53. The van der Waals surface area contributed by atoms with E-state index in [4.69, 9.17) is 16.3 Å². The molecule has 1 atom stereocenters. The zero-order valence-electron chi connectivity index (χ0n) is 22.9. The Balaban J connectivity index is 1.77. The van der Waals surface area contributed by atoms with Crippen LogP contribution in [0.4, 0.5) is 45.2 Å². The number of carbonyl (C=O) groups is 2. The topological polar surface area (TPSA) is 71.0 Å². The van der Waals surface area contributed by atoms with E-state index in [0.717, 1.165) is 53.5 Å². The summed E-state index contributed by atoms with van der Waals surface area (Å²) in [6, 6.07) is 9.39. The Morgan fingerprint density at radius 1 is 0.867 bits per heavy atom. The van der Waals surface area contributed by atoms with E-state index in [2.05, 4.69) is 10.4 Å². The summed E-state index contributed by atoms with van der Waals surface area (Å²) in [6.45, 7) is 0.122. The molecule has 4 rings (SSSR count). The summed E-state index contributed by atoms with van der Waals surface area (Å²) < 4.78 is 124. The van der Waals surface area contributed by atoms with Crippen LogP contribution >= 0.6 is 11.6 Å². The highest BCUT2D eigenvalue weighted by Crippen LogP contribution is 2.41. The third-order valence-electron chi connectivity index (χ3n) is 6.76. The quantitative estimate of drug-likeness (QED) is 0.209. The van der Waals surface area contributed by atoms with Crippen molar-refractivity contribution in [3.63, 3.8) is 0 Å². The molecule has 1 aliphatic rings. The molecule has 1 amide bonds. The number of carbonyl (C=O) groups excluding carboxylic acids is 2. The Kier molecular flexibility index (Phi) is 9.16. The van der Waals surface area contributed by atoms with E-state index in [1.54, 1.807) is 0 Å². The second kappa shape index (κ2) is 12.3. The molecule has 1 aliphatic heterocycles. The second-order valence-corrected chi connectivity index (χ2v) is 10.2. The third-order valence-corrected chi connectivity index (χ3v) is 7.08. The fourth-order valence-corrected chi connectivity index (χ4v) is 5.00. The lowest BCUT2D eigenvalue weighted by molar-refractivity contribution is -0.147. The molecule has 0 saturated heterocycles. The zero-order valence-corrected chi connectivity index (χ0v) is 23.6. The Morgan fingerprint density at radius 2 is 1.42 bits per heavy atom. The molecule has 45 heavy (non-hydrogen) atoms. The van der Waals surface area contributed by atoms with Gasteiger partial charge in [-0.25, -0.2) is 0 Å². The van der Waals surface area contributed by atoms with Crippen molar-refractivity contribution in [1.82, 2.24) is 5.01 Å². The van der Waals surface area contributed by atoms with Crippen LogP contribution in [0.1, 0.15) is 34.7 Å². The van der Waals surface area contributed by atoms with Gasteiger partial charge in [0.25, 0.3) is 0 Å². The van der Waals surface area contributed by atoms with Crippen molar-refractivity contribution < 1.29 is 53.8 Å². The summed E-state index contributed by atoms with van der Waals surface area (Å²) >= 11 is 5.93. The monoisotopic (exact) mass is 665 g/mol. The number of anilines is 1. The first kappa shape index (κ1) is 33.6. The molecule has 16 heteroatoms. The summed E-state index contributed by atoms with van der Waals surface area (Å²) in [5.74, 6) is -1.83. The van der Waals surface area contributed by atoms with Crippen molar-refractivity contribution in [2.45, 2.75) is 30.9 Å². The van der Waals surface area contributed by atoms with E-state index in [1.807, 2.05) is 0 Å². The van der Waals surface area contributed by atoms with Gasteiger partial charge in [0.15, 0.2) is 5.41 Å². The van der Waals surface area contributed by atoms with Crippen LogP contribution in [0.25, 0.3) is 0 Å². The molecular formula is C29H21ClF9N3O3. The number of alkyl halides is 9. The minimum absolute atomic E-state index is 0.00897. The lowest BCUT2D eigenvalue weighted by Gasteiger charge is -2.30. The lowest BCUT2D eigenvalue weighted by Crippen LogP contribution is -2.48. The van der Waals surface area contributed by atoms with Gasteiger partial charge in [-0.05, 0) is 61.0 Å². The number of hydrazone groups is 1. The van der Waals surface area contributed by atoms with Gasteiger partial charge < -0.3 is 10.1 Å². The number of amides is 1. The van der Waals surface area contributed by atoms with Crippen molar-refractivity contribution in [3.8, 4) is 0 Å².